The van der Waals surface area contributed by atoms with Crippen LogP contribution in [0.4, 0.5) is 5.69 Å². The van der Waals surface area contributed by atoms with Crippen LogP contribution in [0.1, 0.15) is 44.1 Å². The minimum Gasteiger partial charge on any atom is -0.461 e. The Balaban J connectivity index is 1.65. The molecule has 29 heavy (non-hydrogen) atoms. The van der Waals surface area contributed by atoms with Crippen LogP contribution in [0.25, 0.3) is 5.69 Å². The molecule has 8 heteroatoms. The van der Waals surface area contributed by atoms with Gasteiger partial charge in [-0.15, -0.1) is 0 Å². The van der Waals surface area contributed by atoms with E-state index in [0.29, 0.717) is 25.3 Å². The second kappa shape index (κ2) is 8.89. The van der Waals surface area contributed by atoms with Gasteiger partial charge in [0.2, 0.25) is 11.8 Å². The van der Waals surface area contributed by atoms with Gasteiger partial charge < -0.3 is 15.0 Å². The molecule has 1 atom stereocenters. The molecule has 2 amide bonds. The van der Waals surface area contributed by atoms with E-state index in [1.807, 2.05) is 13.8 Å². The number of hydrogen-bond acceptors (Lipinski definition) is 5. The predicted octanol–water partition coefficient (Wildman–Crippen LogP) is 2.63. The summed E-state index contributed by atoms with van der Waals surface area (Å²) < 4.78 is 6.51. The predicted molar refractivity (Wildman–Crippen MR) is 108 cm³/mol. The quantitative estimate of drug-likeness (QED) is 0.755. The summed E-state index contributed by atoms with van der Waals surface area (Å²) in [7, 11) is 0. The maximum Gasteiger partial charge on any atom is 0.358 e. The second-order valence-corrected chi connectivity index (χ2v) is 7.25. The molecule has 3 rings (SSSR count). The van der Waals surface area contributed by atoms with Crippen LogP contribution in [0.2, 0.25) is 0 Å². The minimum atomic E-state index is -0.466. The molecule has 1 unspecified atom stereocenters. The van der Waals surface area contributed by atoms with E-state index in [9.17, 15) is 14.4 Å². The number of carbonyl (C=O) groups is 3. The van der Waals surface area contributed by atoms with Crippen molar-refractivity contribution in [3.63, 3.8) is 0 Å². The molecule has 1 aliphatic rings. The summed E-state index contributed by atoms with van der Waals surface area (Å²) in [5.74, 6) is -0.759. The fourth-order valence-corrected chi connectivity index (χ4v) is 3.34. The van der Waals surface area contributed by atoms with Gasteiger partial charge in [-0.3, -0.25) is 9.59 Å². The Morgan fingerprint density at radius 3 is 2.59 bits per heavy atom. The van der Waals surface area contributed by atoms with E-state index in [1.54, 1.807) is 53.0 Å². The molecule has 0 aliphatic carbocycles. The van der Waals surface area contributed by atoms with Crippen molar-refractivity contribution in [1.29, 1.82) is 0 Å². The number of carbonyl (C=O) groups excluding carboxylic acids is 3. The molecular formula is C21H26N4O4. The number of ether oxygens (including phenoxy) is 1. The summed E-state index contributed by atoms with van der Waals surface area (Å²) in [5.41, 5.74) is 1.62. The Hall–Kier alpha value is -3.16. The maximum absolute atomic E-state index is 12.7. The number of esters is 1. The first-order valence-corrected chi connectivity index (χ1v) is 9.85. The van der Waals surface area contributed by atoms with Crippen LogP contribution in [0, 0.1) is 5.92 Å². The number of likely N-dealkylation sites (tertiary alicyclic amines) is 1. The number of benzene rings is 1. The first kappa shape index (κ1) is 20.6. The van der Waals surface area contributed by atoms with Gasteiger partial charge in [-0.2, -0.15) is 5.10 Å². The number of anilines is 1. The zero-order valence-corrected chi connectivity index (χ0v) is 16.9. The van der Waals surface area contributed by atoms with E-state index < -0.39 is 12.0 Å². The van der Waals surface area contributed by atoms with Crippen LogP contribution in [-0.4, -0.2) is 51.7 Å². The lowest BCUT2D eigenvalue weighted by atomic mass is 10.1. The van der Waals surface area contributed by atoms with E-state index >= 15 is 0 Å². The zero-order valence-electron chi connectivity index (χ0n) is 16.9. The normalized spacial score (nSPS) is 16.1. The van der Waals surface area contributed by atoms with Crippen molar-refractivity contribution in [2.24, 2.45) is 5.92 Å². The van der Waals surface area contributed by atoms with Crippen molar-refractivity contribution in [2.75, 3.05) is 18.5 Å². The van der Waals surface area contributed by atoms with Crippen LogP contribution in [0.5, 0.6) is 0 Å². The Morgan fingerprint density at radius 2 is 1.93 bits per heavy atom. The second-order valence-electron chi connectivity index (χ2n) is 7.25. The highest BCUT2D eigenvalue weighted by Crippen LogP contribution is 2.22. The minimum absolute atomic E-state index is 0.00841. The van der Waals surface area contributed by atoms with Gasteiger partial charge in [-0.25, -0.2) is 9.48 Å². The Kier molecular flexibility index (Phi) is 6.31. The van der Waals surface area contributed by atoms with Gasteiger partial charge in [0.05, 0.1) is 12.3 Å². The standard InChI is InChI=1S/C21H26N4O4/c1-4-29-21(28)17-11-13-25(23-17)16-9-7-15(8-10-16)22-19(26)18-6-5-12-24(18)20(27)14(2)3/h7-11,13-14,18H,4-6,12H2,1-3H3,(H,22,26). The van der Waals surface area contributed by atoms with Gasteiger partial charge in [0.1, 0.15) is 6.04 Å². The molecule has 1 saturated heterocycles. The molecule has 2 heterocycles. The zero-order chi connectivity index (χ0) is 21.0. The number of rotatable bonds is 6. The van der Waals surface area contributed by atoms with Gasteiger partial charge in [0.25, 0.3) is 0 Å². The molecule has 2 aromatic rings. The van der Waals surface area contributed by atoms with Gasteiger partial charge in [-0.1, -0.05) is 13.8 Å². The lowest BCUT2D eigenvalue weighted by Crippen LogP contribution is -2.44. The molecular weight excluding hydrogens is 372 g/mol. The van der Waals surface area contributed by atoms with Crippen LogP contribution in [0.3, 0.4) is 0 Å². The van der Waals surface area contributed by atoms with Crippen molar-refractivity contribution in [3.8, 4) is 5.69 Å². The molecule has 0 bridgehead atoms. The van der Waals surface area contributed by atoms with Gasteiger partial charge in [0, 0.05) is 24.3 Å². The maximum atomic E-state index is 12.7. The third-order valence-corrected chi connectivity index (χ3v) is 4.81. The number of nitrogens with zero attached hydrogens (tertiary/aromatic N) is 3. The van der Waals surface area contributed by atoms with Gasteiger partial charge in [0.15, 0.2) is 5.69 Å². The lowest BCUT2D eigenvalue weighted by Gasteiger charge is -2.25. The summed E-state index contributed by atoms with van der Waals surface area (Å²) >= 11 is 0. The Bertz CT molecular complexity index is 888. The van der Waals surface area contributed by atoms with E-state index in [4.69, 9.17) is 4.74 Å². The van der Waals surface area contributed by atoms with Crippen molar-refractivity contribution in [3.05, 3.63) is 42.2 Å². The van der Waals surface area contributed by atoms with Crippen LogP contribution in [0.15, 0.2) is 36.5 Å². The van der Waals surface area contributed by atoms with Crippen LogP contribution in [-0.2, 0) is 14.3 Å². The average molecular weight is 398 g/mol. The Labute approximate surface area is 169 Å². The molecule has 1 aromatic carbocycles. The highest BCUT2D eigenvalue weighted by molar-refractivity contribution is 5.97. The number of nitrogens with one attached hydrogen (secondary N) is 1. The molecule has 0 saturated carbocycles. The van der Waals surface area contributed by atoms with Gasteiger partial charge >= 0.3 is 5.97 Å². The van der Waals surface area contributed by atoms with E-state index in [0.717, 1.165) is 12.1 Å². The third-order valence-electron chi connectivity index (χ3n) is 4.81. The molecule has 1 aliphatic heterocycles. The lowest BCUT2D eigenvalue weighted by molar-refractivity contribution is -0.139. The number of hydrogen-bond donors (Lipinski definition) is 1. The smallest absolute Gasteiger partial charge is 0.358 e. The summed E-state index contributed by atoms with van der Waals surface area (Å²) in [4.78, 5) is 38.4. The molecule has 1 N–H and O–H groups in total. The number of aromatic nitrogens is 2. The van der Waals surface area contributed by atoms with E-state index in [1.165, 1.54) is 0 Å². The summed E-state index contributed by atoms with van der Waals surface area (Å²) in [6.07, 6.45) is 3.18. The fourth-order valence-electron chi connectivity index (χ4n) is 3.34. The molecule has 8 nitrogen and oxygen atoms in total. The summed E-state index contributed by atoms with van der Waals surface area (Å²) in [6, 6.07) is 8.29. The number of amides is 2. The molecule has 154 valence electrons. The summed E-state index contributed by atoms with van der Waals surface area (Å²) in [6.45, 7) is 6.34. The molecule has 0 spiro atoms. The first-order chi connectivity index (χ1) is 13.9. The first-order valence-electron chi connectivity index (χ1n) is 9.85. The summed E-state index contributed by atoms with van der Waals surface area (Å²) in [5, 5.41) is 7.10. The van der Waals surface area contributed by atoms with Crippen LogP contribution >= 0.6 is 0 Å². The Morgan fingerprint density at radius 1 is 1.21 bits per heavy atom. The monoisotopic (exact) mass is 398 g/mol. The SMILES string of the molecule is CCOC(=O)c1ccn(-c2ccc(NC(=O)C3CCCN3C(=O)C(C)C)cc2)n1. The fraction of sp³-hybridized carbons (Fsp3) is 0.429. The molecule has 0 radical (unpaired) electrons. The van der Waals surface area contributed by atoms with E-state index in [2.05, 4.69) is 10.4 Å². The van der Waals surface area contributed by atoms with Crippen molar-refractivity contribution in [1.82, 2.24) is 14.7 Å². The van der Waals surface area contributed by atoms with Crippen molar-refractivity contribution >= 4 is 23.5 Å². The molecule has 1 fully saturated rings. The average Bonchev–Trinajstić information content (AvgIpc) is 3.38. The molecule has 1 aromatic heterocycles. The largest absolute Gasteiger partial charge is 0.461 e. The third kappa shape index (κ3) is 4.64. The highest BCUT2D eigenvalue weighted by Gasteiger charge is 2.34. The van der Waals surface area contributed by atoms with Gasteiger partial charge in [-0.05, 0) is 50.1 Å². The van der Waals surface area contributed by atoms with Crippen molar-refractivity contribution in [2.45, 2.75) is 39.7 Å². The van der Waals surface area contributed by atoms with Crippen LogP contribution < -0.4 is 5.32 Å². The topological polar surface area (TPSA) is 93.5 Å². The highest BCUT2D eigenvalue weighted by atomic mass is 16.5. The van der Waals surface area contributed by atoms with E-state index in [-0.39, 0.29) is 23.4 Å². The van der Waals surface area contributed by atoms with Crippen molar-refractivity contribution < 1.29 is 19.1 Å².